The number of carbonyl (C=O) groups excluding carboxylic acids is 1. The van der Waals surface area contributed by atoms with Gasteiger partial charge in [0.2, 0.25) is 0 Å². The van der Waals surface area contributed by atoms with Crippen LogP contribution in [0.2, 0.25) is 0 Å². The van der Waals surface area contributed by atoms with E-state index in [9.17, 15) is 4.79 Å². The second-order valence-corrected chi connectivity index (χ2v) is 9.05. The van der Waals surface area contributed by atoms with E-state index in [-0.39, 0.29) is 5.97 Å². The Morgan fingerprint density at radius 1 is 1.15 bits per heavy atom. The maximum Gasteiger partial charge on any atom is 0.337 e. The number of methoxy groups -OCH3 is 1. The van der Waals surface area contributed by atoms with Crippen molar-refractivity contribution in [2.45, 2.75) is 20.3 Å². The lowest BCUT2D eigenvalue weighted by Gasteiger charge is -2.21. The molecule has 0 saturated carbocycles. The zero-order chi connectivity index (χ0) is 23.0. The van der Waals surface area contributed by atoms with Crippen molar-refractivity contribution in [3.8, 4) is 11.3 Å². The number of ether oxygens (including phenoxy) is 1. The Kier molecular flexibility index (Phi) is 5.20. The molecule has 3 aromatic heterocycles. The highest BCUT2D eigenvalue weighted by molar-refractivity contribution is 5.91. The third-order valence-electron chi connectivity index (χ3n) is 5.94. The van der Waals surface area contributed by atoms with Crippen LogP contribution >= 0.6 is 0 Å². The Morgan fingerprint density at radius 2 is 2.00 bits per heavy atom. The van der Waals surface area contributed by atoms with Crippen LogP contribution in [0.1, 0.15) is 30.6 Å². The molecular weight excluding hydrogens is 416 g/mol. The second-order valence-electron chi connectivity index (χ2n) is 9.05. The SMILES string of the molecule is COC(=O)c1cccc(-c2cc(Nc3cccc(N4CCC(C)(C)C4)n3)c3nccn3n2)c1. The minimum absolute atomic E-state index is 0.297. The maximum absolute atomic E-state index is 12.0. The molecule has 8 heteroatoms. The standard InChI is InChI=1S/C25H26N6O2/c1-25(2)10-12-30(16-25)22-9-5-8-21(28-22)27-20-15-19(29-31-13-11-26-23(20)31)17-6-4-7-18(14-17)24(32)33-3/h4-9,11,13-15H,10,12,16H2,1-3H3,(H,27,28). The first kappa shape index (κ1) is 20.9. The van der Waals surface area contributed by atoms with E-state index in [1.807, 2.05) is 36.4 Å². The molecule has 33 heavy (non-hydrogen) atoms. The van der Waals surface area contributed by atoms with E-state index in [0.29, 0.717) is 22.3 Å². The van der Waals surface area contributed by atoms with Gasteiger partial charge in [-0.15, -0.1) is 0 Å². The van der Waals surface area contributed by atoms with E-state index >= 15 is 0 Å². The Labute approximate surface area is 192 Å². The molecular formula is C25H26N6O2. The van der Waals surface area contributed by atoms with Gasteiger partial charge < -0.3 is 15.0 Å². The van der Waals surface area contributed by atoms with E-state index < -0.39 is 0 Å². The highest BCUT2D eigenvalue weighted by Gasteiger charge is 2.29. The molecule has 1 aromatic carbocycles. The first-order chi connectivity index (χ1) is 15.9. The molecule has 1 aliphatic rings. The summed E-state index contributed by atoms with van der Waals surface area (Å²) in [5.41, 5.74) is 3.74. The highest BCUT2D eigenvalue weighted by Crippen LogP contribution is 2.32. The molecule has 0 bridgehead atoms. The number of carbonyl (C=O) groups is 1. The number of hydrogen-bond acceptors (Lipinski definition) is 7. The summed E-state index contributed by atoms with van der Waals surface area (Å²) < 4.78 is 6.57. The topological polar surface area (TPSA) is 84.6 Å². The normalized spacial score (nSPS) is 15.1. The van der Waals surface area contributed by atoms with Crippen LogP contribution in [0, 0.1) is 5.41 Å². The summed E-state index contributed by atoms with van der Waals surface area (Å²) in [4.78, 5) is 23.6. The van der Waals surface area contributed by atoms with E-state index in [1.54, 1.807) is 29.0 Å². The van der Waals surface area contributed by atoms with Gasteiger partial charge in [-0.3, -0.25) is 0 Å². The molecule has 5 rings (SSSR count). The van der Waals surface area contributed by atoms with Gasteiger partial charge in [0, 0.05) is 31.0 Å². The summed E-state index contributed by atoms with van der Waals surface area (Å²) in [6.07, 6.45) is 4.65. The van der Waals surface area contributed by atoms with Crippen LogP contribution in [-0.2, 0) is 4.74 Å². The molecule has 168 valence electrons. The molecule has 8 nitrogen and oxygen atoms in total. The van der Waals surface area contributed by atoms with Crippen molar-refractivity contribution in [3.05, 3.63) is 66.5 Å². The predicted molar refractivity (Wildman–Crippen MR) is 128 cm³/mol. The van der Waals surface area contributed by atoms with Gasteiger partial charge in [0.05, 0.1) is 24.1 Å². The average molecular weight is 443 g/mol. The van der Waals surface area contributed by atoms with Crippen LogP contribution in [-0.4, -0.2) is 45.8 Å². The molecule has 0 radical (unpaired) electrons. The van der Waals surface area contributed by atoms with E-state index in [1.165, 1.54) is 7.11 Å². The number of esters is 1. The average Bonchev–Trinajstić information content (AvgIpc) is 3.45. The first-order valence-electron chi connectivity index (χ1n) is 10.9. The molecule has 0 spiro atoms. The van der Waals surface area contributed by atoms with Crippen LogP contribution in [0.3, 0.4) is 0 Å². The van der Waals surface area contributed by atoms with Gasteiger partial charge in [-0.1, -0.05) is 32.0 Å². The van der Waals surface area contributed by atoms with Gasteiger partial charge in [0.25, 0.3) is 0 Å². The minimum atomic E-state index is -0.384. The maximum atomic E-state index is 12.0. The second kappa shape index (κ2) is 8.20. The monoisotopic (exact) mass is 442 g/mol. The number of hydrogen-bond donors (Lipinski definition) is 1. The number of anilines is 3. The summed E-state index contributed by atoms with van der Waals surface area (Å²) in [6.45, 7) is 6.57. The number of benzene rings is 1. The molecule has 0 atom stereocenters. The molecule has 0 unspecified atom stereocenters. The molecule has 1 N–H and O–H groups in total. The third-order valence-corrected chi connectivity index (χ3v) is 5.94. The van der Waals surface area contributed by atoms with Crippen LogP contribution in [0.15, 0.2) is 60.9 Å². The lowest BCUT2D eigenvalue weighted by atomic mass is 9.93. The summed E-state index contributed by atoms with van der Waals surface area (Å²) in [7, 11) is 1.37. The van der Waals surface area contributed by atoms with Crippen molar-refractivity contribution in [2.75, 3.05) is 30.4 Å². The van der Waals surface area contributed by atoms with E-state index in [2.05, 4.69) is 34.1 Å². The van der Waals surface area contributed by atoms with Crippen molar-refractivity contribution in [1.29, 1.82) is 0 Å². The lowest BCUT2D eigenvalue weighted by molar-refractivity contribution is 0.0601. The van der Waals surface area contributed by atoms with Gasteiger partial charge in [-0.2, -0.15) is 5.10 Å². The highest BCUT2D eigenvalue weighted by atomic mass is 16.5. The number of rotatable bonds is 5. The summed E-state index contributed by atoms with van der Waals surface area (Å²) in [6, 6.07) is 15.2. The minimum Gasteiger partial charge on any atom is -0.465 e. The number of pyridine rings is 1. The van der Waals surface area contributed by atoms with Crippen molar-refractivity contribution >= 4 is 28.9 Å². The van der Waals surface area contributed by atoms with Crippen LogP contribution in [0.4, 0.5) is 17.3 Å². The number of nitrogens with zero attached hydrogens (tertiary/aromatic N) is 5. The van der Waals surface area contributed by atoms with E-state index in [4.69, 9.17) is 9.72 Å². The largest absolute Gasteiger partial charge is 0.465 e. The fourth-order valence-electron chi connectivity index (χ4n) is 4.19. The predicted octanol–water partition coefficient (Wildman–Crippen LogP) is 4.56. The third kappa shape index (κ3) is 4.24. The van der Waals surface area contributed by atoms with Gasteiger partial charge in [-0.05, 0) is 42.2 Å². The summed E-state index contributed by atoms with van der Waals surface area (Å²) >= 11 is 0. The van der Waals surface area contributed by atoms with Crippen molar-refractivity contribution in [1.82, 2.24) is 19.6 Å². The fraction of sp³-hybridized carbons (Fsp3) is 0.280. The first-order valence-corrected chi connectivity index (χ1v) is 10.9. The number of aromatic nitrogens is 4. The van der Waals surface area contributed by atoms with Crippen LogP contribution in [0.5, 0.6) is 0 Å². The van der Waals surface area contributed by atoms with Crippen molar-refractivity contribution in [3.63, 3.8) is 0 Å². The molecule has 4 heterocycles. The van der Waals surface area contributed by atoms with Crippen LogP contribution < -0.4 is 10.2 Å². The Hall–Kier alpha value is -3.94. The van der Waals surface area contributed by atoms with Crippen molar-refractivity contribution < 1.29 is 9.53 Å². The Morgan fingerprint density at radius 3 is 2.79 bits per heavy atom. The zero-order valence-electron chi connectivity index (χ0n) is 18.9. The smallest absolute Gasteiger partial charge is 0.337 e. The Bertz CT molecular complexity index is 1330. The lowest BCUT2D eigenvalue weighted by Crippen LogP contribution is -2.23. The molecule has 0 amide bonds. The number of nitrogens with one attached hydrogen (secondary N) is 1. The summed E-state index contributed by atoms with van der Waals surface area (Å²) in [5.74, 6) is 1.32. The molecule has 1 saturated heterocycles. The zero-order valence-corrected chi connectivity index (χ0v) is 18.9. The summed E-state index contributed by atoms with van der Waals surface area (Å²) in [5, 5.41) is 8.09. The van der Waals surface area contributed by atoms with Crippen molar-refractivity contribution in [2.24, 2.45) is 5.41 Å². The van der Waals surface area contributed by atoms with E-state index in [0.717, 1.165) is 42.4 Å². The molecule has 1 aliphatic heterocycles. The molecule has 4 aromatic rings. The van der Waals surface area contributed by atoms with Crippen LogP contribution in [0.25, 0.3) is 16.9 Å². The van der Waals surface area contributed by atoms with Gasteiger partial charge in [0.1, 0.15) is 11.6 Å². The van der Waals surface area contributed by atoms with Gasteiger partial charge in [0.15, 0.2) is 5.65 Å². The molecule has 1 fully saturated rings. The number of imidazole rings is 1. The quantitative estimate of drug-likeness (QED) is 0.454. The van der Waals surface area contributed by atoms with Gasteiger partial charge in [-0.25, -0.2) is 19.3 Å². The fourth-order valence-corrected chi connectivity index (χ4v) is 4.19. The number of fused-ring (bicyclic) bond motifs is 1. The Balaban J connectivity index is 1.49. The van der Waals surface area contributed by atoms with Gasteiger partial charge >= 0.3 is 5.97 Å². The molecule has 0 aliphatic carbocycles.